The van der Waals surface area contributed by atoms with Gasteiger partial charge in [-0.2, -0.15) is 0 Å². The summed E-state index contributed by atoms with van der Waals surface area (Å²) in [6.45, 7) is 0. The number of hydrogen-bond acceptors (Lipinski definition) is 3. The lowest BCUT2D eigenvalue weighted by molar-refractivity contribution is 0.484. The Kier molecular flexibility index (Phi) is 7.32. The van der Waals surface area contributed by atoms with Crippen molar-refractivity contribution in [3.8, 4) is 50.5 Å². The van der Waals surface area contributed by atoms with Gasteiger partial charge in [-0.15, -0.1) is 0 Å². The fourth-order valence-electron chi connectivity index (χ4n) is 7.91. The molecule has 9 aromatic rings. The summed E-state index contributed by atoms with van der Waals surface area (Å²) in [5.41, 5.74) is 14.5. The molecule has 0 aliphatic heterocycles. The average molecular weight is 648 g/mol. The molecule has 2 aromatic heterocycles. The zero-order valence-corrected chi connectivity index (χ0v) is 29.1. The molecule has 3 nitrogen and oxygen atoms in total. The van der Waals surface area contributed by atoms with Crippen molar-refractivity contribution in [2.45, 2.75) is 0 Å². The van der Waals surface area contributed by atoms with Crippen LogP contribution >= 0.6 is 0 Å². The maximum atomic E-state index is 10.7. The topological polar surface area (TPSA) is 46.0 Å². The van der Waals surface area contributed by atoms with E-state index in [9.17, 15) is 5.11 Å². The van der Waals surface area contributed by atoms with Crippen molar-refractivity contribution in [1.29, 1.82) is 0 Å². The summed E-state index contributed by atoms with van der Waals surface area (Å²) in [4.78, 5) is 10.5. The Morgan fingerprint density at radius 1 is 0.353 bits per heavy atom. The number of rotatable bonds is 4. The zero-order valence-electron chi connectivity index (χ0n) is 29.1. The summed E-state index contributed by atoms with van der Waals surface area (Å²) in [5.74, 6) is 0.364. The first-order valence-corrected chi connectivity index (χ1v) is 17.5. The Labute approximate surface area is 300 Å². The SMILES string of the molecule is Bc1c(B)c(-c2ccc3ccc4ccc(-c5ccc(-c6c7ccccc7c(-c7ccccc7)c7ccccc67)cc5)nc4c3n2)c(B)c(B)c1O. The van der Waals surface area contributed by atoms with E-state index in [0.29, 0.717) is 5.75 Å². The van der Waals surface area contributed by atoms with Crippen LogP contribution in [0.3, 0.4) is 0 Å². The Morgan fingerprint density at radius 2 is 0.745 bits per heavy atom. The molecular formula is C44H32B4N2O. The standard InChI is InChI=1S/C44H32B4N2O/c45-38-37(39(46)41(48)44(51)40(38)47)34-23-21-28-19-18-27-20-22-33(49-42(27)43(28)50-34)24-14-16-26(17-15-24)36-31-12-6-4-10-29(31)35(25-8-2-1-3-9-25)30-11-5-7-13-32(30)36/h1-23,51H,45-48H2. The number of hydrogen-bond donors (Lipinski definition) is 1. The molecule has 0 bridgehead atoms. The van der Waals surface area contributed by atoms with E-state index in [1.807, 2.05) is 15.7 Å². The summed E-state index contributed by atoms with van der Waals surface area (Å²) in [5, 5.41) is 17.8. The summed E-state index contributed by atoms with van der Waals surface area (Å²) < 4.78 is 0. The highest BCUT2D eigenvalue weighted by Crippen LogP contribution is 2.43. The molecule has 236 valence electrons. The third-order valence-electron chi connectivity index (χ3n) is 10.8. The van der Waals surface area contributed by atoms with E-state index >= 15 is 0 Å². The van der Waals surface area contributed by atoms with E-state index in [1.54, 1.807) is 0 Å². The van der Waals surface area contributed by atoms with Gasteiger partial charge in [0, 0.05) is 16.3 Å². The molecule has 0 amide bonds. The van der Waals surface area contributed by atoms with E-state index < -0.39 is 0 Å². The van der Waals surface area contributed by atoms with E-state index in [2.05, 4.69) is 155 Å². The Bertz CT molecular complexity index is 2770. The number of phenols is 1. The van der Waals surface area contributed by atoms with Crippen LogP contribution in [0.15, 0.2) is 140 Å². The predicted octanol–water partition coefficient (Wildman–Crippen LogP) is 4.50. The maximum absolute atomic E-state index is 10.7. The first-order chi connectivity index (χ1) is 24.9. The Balaban J connectivity index is 1.18. The molecule has 0 aliphatic rings. The van der Waals surface area contributed by atoms with Gasteiger partial charge < -0.3 is 5.11 Å². The van der Waals surface area contributed by atoms with Gasteiger partial charge in [-0.25, -0.2) is 9.97 Å². The summed E-state index contributed by atoms with van der Waals surface area (Å²) >= 11 is 0. The molecule has 0 spiro atoms. The van der Waals surface area contributed by atoms with Crippen molar-refractivity contribution >= 4 is 96.6 Å². The minimum atomic E-state index is 0.364. The first-order valence-electron chi connectivity index (χ1n) is 17.5. The second kappa shape index (κ2) is 12.1. The molecule has 7 aromatic carbocycles. The minimum Gasteiger partial charge on any atom is -0.509 e. The predicted molar refractivity (Wildman–Crippen MR) is 228 cm³/mol. The number of pyridine rings is 2. The molecule has 2 heterocycles. The quantitative estimate of drug-likeness (QED) is 0.174. The van der Waals surface area contributed by atoms with Crippen LogP contribution in [-0.2, 0) is 0 Å². The second-order valence-corrected chi connectivity index (χ2v) is 13.6. The lowest BCUT2D eigenvalue weighted by Gasteiger charge is -2.18. The van der Waals surface area contributed by atoms with Crippen LogP contribution in [-0.4, -0.2) is 46.5 Å². The fourth-order valence-corrected chi connectivity index (χ4v) is 7.91. The summed E-state index contributed by atoms with van der Waals surface area (Å²) in [7, 11) is 8.08. The number of aromatic hydroxyl groups is 1. The molecule has 51 heavy (non-hydrogen) atoms. The van der Waals surface area contributed by atoms with Crippen LogP contribution in [0.2, 0.25) is 0 Å². The highest BCUT2D eigenvalue weighted by molar-refractivity contribution is 6.61. The Hall–Kier alpha value is -6.06. The van der Waals surface area contributed by atoms with Crippen LogP contribution in [0.4, 0.5) is 0 Å². The number of aromatic nitrogens is 2. The van der Waals surface area contributed by atoms with Gasteiger partial charge in [-0.1, -0.05) is 149 Å². The zero-order chi connectivity index (χ0) is 34.8. The normalized spacial score (nSPS) is 11.5. The van der Waals surface area contributed by atoms with Gasteiger partial charge >= 0.3 is 0 Å². The molecule has 0 radical (unpaired) electrons. The van der Waals surface area contributed by atoms with Gasteiger partial charge in [0.1, 0.15) is 37.1 Å². The van der Waals surface area contributed by atoms with E-state index in [4.69, 9.17) is 9.97 Å². The molecular weight excluding hydrogens is 616 g/mol. The number of fused-ring (bicyclic) bond motifs is 5. The number of nitrogens with zero attached hydrogens (tertiary/aromatic N) is 2. The molecule has 9 rings (SSSR count). The molecule has 0 saturated carbocycles. The van der Waals surface area contributed by atoms with Crippen molar-refractivity contribution in [2.24, 2.45) is 0 Å². The van der Waals surface area contributed by atoms with Gasteiger partial charge in [0.15, 0.2) is 0 Å². The third kappa shape index (κ3) is 4.95. The molecule has 1 N–H and O–H groups in total. The van der Waals surface area contributed by atoms with Crippen molar-refractivity contribution in [1.82, 2.24) is 9.97 Å². The molecule has 0 atom stereocenters. The molecule has 7 heteroatoms. The van der Waals surface area contributed by atoms with Crippen molar-refractivity contribution in [3.63, 3.8) is 0 Å². The van der Waals surface area contributed by atoms with Crippen molar-refractivity contribution < 1.29 is 5.11 Å². The van der Waals surface area contributed by atoms with E-state index in [1.165, 1.54) is 43.8 Å². The fraction of sp³-hybridized carbons (Fsp3) is 0. The van der Waals surface area contributed by atoms with Gasteiger partial charge in [-0.05, 0) is 61.5 Å². The monoisotopic (exact) mass is 648 g/mol. The lowest BCUT2D eigenvalue weighted by atomic mass is 9.66. The van der Waals surface area contributed by atoms with Crippen molar-refractivity contribution in [2.75, 3.05) is 0 Å². The smallest absolute Gasteiger partial charge is 0.143 e. The van der Waals surface area contributed by atoms with Crippen LogP contribution in [0, 0.1) is 0 Å². The van der Waals surface area contributed by atoms with Crippen LogP contribution < -0.4 is 21.9 Å². The van der Waals surface area contributed by atoms with Gasteiger partial charge in [-0.3, -0.25) is 0 Å². The highest BCUT2D eigenvalue weighted by atomic mass is 16.3. The number of benzene rings is 7. The maximum Gasteiger partial charge on any atom is 0.143 e. The first kappa shape index (κ1) is 31.0. The molecule has 0 saturated heterocycles. The van der Waals surface area contributed by atoms with Gasteiger partial charge in [0.2, 0.25) is 0 Å². The molecule has 0 aliphatic carbocycles. The lowest BCUT2D eigenvalue weighted by Crippen LogP contribution is -2.42. The van der Waals surface area contributed by atoms with E-state index in [0.717, 1.165) is 66.2 Å². The van der Waals surface area contributed by atoms with Crippen molar-refractivity contribution in [3.05, 3.63) is 140 Å². The molecule has 0 unspecified atom stereocenters. The van der Waals surface area contributed by atoms with Gasteiger partial charge in [0.05, 0.1) is 22.4 Å². The third-order valence-corrected chi connectivity index (χ3v) is 10.8. The highest BCUT2D eigenvalue weighted by Gasteiger charge is 2.18. The average Bonchev–Trinajstić information content (AvgIpc) is 3.18. The van der Waals surface area contributed by atoms with Gasteiger partial charge in [0.25, 0.3) is 0 Å². The molecule has 0 fully saturated rings. The van der Waals surface area contributed by atoms with Crippen LogP contribution in [0.25, 0.3) is 88.1 Å². The Morgan fingerprint density at radius 3 is 1.25 bits per heavy atom. The largest absolute Gasteiger partial charge is 0.509 e. The van der Waals surface area contributed by atoms with Crippen LogP contribution in [0.1, 0.15) is 0 Å². The number of phenolic OH excluding ortho intramolecular Hbond substituents is 1. The minimum absolute atomic E-state index is 0.364. The summed E-state index contributed by atoms with van der Waals surface area (Å²) in [6.07, 6.45) is 0. The second-order valence-electron chi connectivity index (χ2n) is 13.6. The van der Waals surface area contributed by atoms with Crippen LogP contribution in [0.5, 0.6) is 5.75 Å². The summed E-state index contributed by atoms with van der Waals surface area (Å²) in [6, 6.07) is 49.8. The van der Waals surface area contributed by atoms with E-state index in [-0.39, 0.29) is 0 Å².